The van der Waals surface area contributed by atoms with E-state index in [9.17, 15) is 14.4 Å². The Hall–Kier alpha value is -3.35. The molecule has 7 heteroatoms. The minimum Gasteiger partial charge on any atom is -0.497 e. The molecule has 0 unspecified atom stereocenters. The van der Waals surface area contributed by atoms with Gasteiger partial charge in [0.2, 0.25) is 5.91 Å². The van der Waals surface area contributed by atoms with Crippen LogP contribution in [-0.4, -0.2) is 30.9 Å². The summed E-state index contributed by atoms with van der Waals surface area (Å²) >= 11 is 0. The molecule has 0 aliphatic carbocycles. The van der Waals surface area contributed by atoms with Crippen molar-refractivity contribution in [3.05, 3.63) is 59.7 Å². The van der Waals surface area contributed by atoms with Crippen LogP contribution in [0.2, 0.25) is 0 Å². The summed E-state index contributed by atoms with van der Waals surface area (Å²) in [5.41, 5.74) is 1.87. The van der Waals surface area contributed by atoms with Crippen LogP contribution in [0.3, 0.4) is 0 Å². The molecule has 0 fully saturated rings. The molecular formula is C20H22N2O5. The quantitative estimate of drug-likeness (QED) is 0.731. The van der Waals surface area contributed by atoms with Crippen molar-refractivity contribution < 1.29 is 23.9 Å². The van der Waals surface area contributed by atoms with E-state index in [1.165, 1.54) is 6.92 Å². The Labute approximate surface area is 157 Å². The lowest BCUT2D eigenvalue weighted by Gasteiger charge is -2.12. The average molecular weight is 370 g/mol. The van der Waals surface area contributed by atoms with Crippen molar-refractivity contribution in [3.8, 4) is 5.75 Å². The summed E-state index contributed by atoms with van der Waals surface area (Å²) in [6.07, 6.45) is 0. The van der Waals surface area contributed by atoms with Crippen molar-refractivity contribution in [1.82, 2.24) is 5.32 Å². The highest BCUT2D eigenvalue weighted by Crippen LogP contribution is 2.16. The van der Waals surface area contributed by atoms with Crippen molar-refractivity contribution in [3.63, 3.8) is 0 Å². The number of methoxy groups -OCH3 is 1. The van der Waals surface area contributed by atoms with Crippen LogP contribution in [0.4, 0.5) is 5.69 Å². The predicted octanol–water partition coefficient (Wildman–Crippen LogP) is 2.52. The van der Waals surface area contributed by atoms with Crippen LogP contribution in [-0.2, 0) is 20.9 Å². The fourth-order valence-corrected chi connectivity index (χ4v) is 2.27. The molecule has 2 aromatic rings. The molecule has 0 saturated carbocycles. The lowest BCUT2D eigenvalue weighted by molar-refractivity contribution is -0.148. The molecule has 0 saturated heterocycles. The van der Waals surface area contributed by atoms with Crippen LogP contribution in [0.25, 0.3) is 0 Å². The molecule has 2 rings (SSSR count). The lowest BCUT2D eigenvalue weighted by Crippen LogP contribution is -2.38. The molecule has 1 atom stereocenters. The zero-order valence-corrected chi connectivity index (χ0v) is 15.4. The van der Waals surface area contributed by atoms with Gasteiger partial charge in [-0.05, 0) is 48.9 Å². The van der Waals surface area contributed by atoms with Crippen LogP contribution >= 0.6 is 0 Å². The van der Waals surface area contributed by atoms with Crippen LogP contribution in [0.5, 0.6) is 5.75 Å². The Morgan fingerprint density at radius 3 is 2.19 bits per heavy atom. The Kier molecular flexibility index (Phi) is 6.93. The molecule has 2 amide bonds. The average Bonchev–Trinajstić information content (AvgIpc) is 2.66. The molecule has 0 aromatic heterocycles. The maximum Gasteiger partial charge on any atom is 0.328 e. The zero-order valence-electron chi connectivity index (χ0n) is 15.4. The van der Waals surface area contributed by atoms with Crippen LogP contribution < -0.4 is 15.4 Å². The number of benzene rings is 2. The van der Waals surface area contributed by atoms with Gasteiger partial charge in [-0.3, -0.25) is 9.59 Å². The van der Waals surface area contributed by atoms with Gasteiger partial charge in [-0.15, -0.1) is 0 Å². The summed E-state index contributed by atoms with van der Waals surface area (Å²) in [6, 6.07) is 13.0. The fraction of sp³-hybridized carbons (Fsp3) is 0.250. The molecule has 2 aromatic carbocycles. The molecule has 0 aliphatic rings. The maximum absolute atomic E-state index is 12.3. The van der Waals surface area contributed by atoms with Crippen LogP contribution in [0.1, 0.15) is 29.8 Å². The van der Waals surface area contributed by atoms with E-state index in [0.29, 0.717) is 17.0 Å². The second-order valence-corrected chi connectivity index (χ2v) is 5.91. The SMILES string of the molecule is COc1ccc(NC(=O)c2ccc(COC(=O)[C@H](C)NC(C)=O)cc2)cc1. The first-order valence-electron chi connectivity index (χ1n) is 8.37. The molecule has 0 aliphatic heterocycles. The van der Waals surface area contributed by atoms with Crippen molar-refractivity contribution in [2.24, 2.45) is 0 Å². The van der Waals surface area contributed by atoms with Gasteiger partial charge in [0.1, 0.15) is 18.4 Å². The summed E-state index contributed by atoms with van der Waals surface area (Å²) in [6.45, 7) is 2.94. The predicted molar refractivity (Wildman–Crippen MR) is 100 cm³/mol. The summed E-state index contributed by atoms with van der Waals surface area (Å²) in [4.78, 5) is 35.0. The first-order valence-corrected chi connectivity index (χ1v) is 8.37. The van der Waals surface area contributed by atoms with Crippen LogP contribution in [0, 0.1) is 0 Å². The van der Waals surface area contributed by atoms with Crippen molar-refractivity contribution in [2.45, 2.75) is 26.5 Å². The number of rotatable bonds is 7. The summed E-state index contributed by atoms with van der Waals surface area (Å²) in [7, 11) is 1.58. The van der Waals surface area contributed by atoms with E-state index in [-0.39, 0.29) is 18.4 Å². The first-order chi connectivity index (χ1) is 12.9. The number of esters is 1. The Bertz CT molecular complexity index is 800. The van der Waals surface area contributed by atoms with Gasteiger partial charge >= 0.3 is 5.97 Å². The van der Waals surface area contributed by atoms with Crippen molar-refractivity contribution in [1.29, 1.82) is 0 Å². The standard InChI is InChI=1S/C20H22N2O5/c1-13(21-14(2)23)20(25)27-12-15-4-6-16(7-5-15)19(24)22-17-8-10-18(26-3)11-9-17/h4-11,13H,12H2,1-3H3,(H,21,23)(H,22,24)/t13-/m0/s1. The van der Waals surface area contributed by atoms with Crippen molar-refractivity contribution in [2.75, 3.05) is 12.4 Å². The van der Waals surface area contributed by atoms with E-state index in [1.54, 1.807) is 62.6 Å². The summed E-state index contributed by atoms with van der Waals surface area (Å²) < 4.78 is 10.2. The molecule has 7 nitrogen and oxygen atoms in total. The molecule has 0 heterocycles. The van der Waals surface area contributed by atoms with E-state index < -0.39 is 12.0 Å². The first kappa shape index (κ1) is 20.0. The second-order valence-electron chi connectivity index (χ2n) is 5.91. The minimum absolute atomic E-state index is 0.0587. The van der Waals surface area contributed by atoms with Gasteiger partial charge in [0.05, 0.1) is 7.11 Å². The molecule has 27 heavy (non-hydrogen) atoms. The van der Waals surface area contributed by atoms with Gasteiger partial charge in [0.15, 0.2) is 0 Å². The summed E-state index contributed by atoms with van der Waals surface area (Å²) in [5.74, 6) is -0.360. The normalized spacial score (nSPS) is 11.2. The van der Waals surface area contributed by atoms with Gasteiger partial charge in [-0.2, -0.15) is 0 Å². The van der Waals surface area contributed by atoms with Gasteiger partial charge in [-0.25, -0.2) is 4.79 Å². The second kappa shape index (κ2) is 9.38. The van der Waals surface area contributed by atoms with Gasteiger partial charge in [0, 0.05) is 18.2 Å². The van der Waals surface area contributed by atoms with E-state index in [1.807, 2.05) is 0 Å². The topological polar surface area (TPSA) is 93.7 Å². The maximum atomic E-state index is 12.3. The van der Waals surface area contributed by atoms with E-state index in [4.69, 9.17) is 9.47 Å². The van der Waals surface area contributed by atoms with E-state index in [0.717, 1.165) is 5.56 Å². The lowest BCUT2D eigenvalue weighted by atomic mass is 10.1. The molecule has 0 bridgehead atoms. The number of nitrogens with one attached hydrogen (secondary N) is 2. The number of anilines is 1. The Morgan fingerprint density at radius 2 is 1.63 bits per heavy atom. The van der Waals surface area contributed by atoms with Gasteiger partial charge in [-0.1, -0.05) is 12.1 Å². The fourth-order valence-electron chi connectivity index (χ4n) is 2.27. The molecule has 2 N–H and O–H groups in total. The zero-order chi connectivity index (χ0) is 19.8. The largest absolute Gasteiger partial charge is 0.497 e. The van der Waals surface area contributed by atoms with E-state index >= 15 is 0 Å². The van der Waals surface area contributed by atoms with Crippen LogP contribution in [0.15, 0.2) is 48.5 Å². The molecule has 0 spiro atoms. The smallest absolute Gasteiger partial charge is 0.328 e. The number of hydrogen-bond donors (Lipinski definition) is 2. The van der Waals surface area contributed by atoms with Gasteiger partial charge < -0.3 is 20.1 Å². The third kappa shape index (κ3) is 6.14. The van der Waals surface area contributed by atoms with Crippen molar-refractivity contribution >= 4 is 23.5 Å². The number of amides is 2. The number of carbonyl (C=O) groups is 3. The number of ether oxygens (including phenoxy) is 2. The Balaban J connectivity index is 1.89. The third-order valence-corrected chi connectivity index (χ3v) is 3.72. The summed E-state index contributed by atoms with van der Waals surface area (Å²) in [5, 5.41) is 5.25. The van der Waals surface area contributed by atoms with E-state index in [2.05, 4.69) is 10.6 Å². The Morgan fingerprint density at radius 1 is 1.00 bits per heavy atom. The molecular weight excluding hydrogens is 348 g/mol. The highest BCUT2D eigenvalue weighted by molar-refractivity contribution is 6.04. The van der Waals surface area contributed by atoms with Gasteiger partial charge in [0.25, 0.3) is 5.91 Å². The highest BCUT2D eigenvalue weighted by atomic mass is 16.5. The minimum atomic E-state index is -0.711. The monoisotopic (exact) mass is 370 g/mol. The third-order valence-electron chi connectivity index (χ3n) is 3.72. The number of carbonyl (C=O) groups excluding carboxylic acids is 3. The molecule has 142 valence electrons. The number of hydrogen-bond acceptors (Lipinski definition) is 5. The molecule has 0 radical (unpaired) electrons. The highest BCUT2D eigenvalue weighted by Gasteiger charge is 2.15.